The van der Waals surface area contributed by atoms with Crippen LogP contribution in [0.4, 0.5) is 0 Å². The summed E-state index contributed by atoms with van der Waals surface area (Å²) in [6.07, 6.45) is 1.36. The molecule has 1 aromatic rings. The fourth-order valence-electron chi connectivity index (χ4n) is 1.23. The normalized spacial score (nSPS) is 11.0. The van der Waals surface area contributed by atoms with E-state index in [9.17, 15) is 4.79 Å². The summed E-state index contributed by atoms with van der Waals surface area (Å²) in [7, 11) is 2.81. The number of ether oxygens (including phenoxy) is 2. The van der Waals surface area contributed by atoms with E-state index in [1.54, 1.807) is 6.07 Å². The fourth-order valence-corrected chi connectivity index (χ4v) is 1.23. The first-order valence-corrected chi connectivity index (χ1v) is 4.43. The van der Waals surface area contributed by atoms with Crippen LogP contribution in [0.3, 0.4) is 0 Å². The van der Waals surface area contributed by atoms with Crippen molar-refractivity contribution in [2.75, 3.05) is 14.2 Å². The maximum atomic E-state index is 11.5. The van der Waals surface area contributed by atoms with Gasteiger partial charge in [0.25, 0.3) is 0 Å². The molecule has 3 nitrogen and oxygen atoms in total. The van der Waals surface area contributed by atoms with Gasteiger partial charge in [0.2, 0.25) is 0 Å². The summed E-state index contributed by atoms with van der Waals surface area (Å²) in [6.45, 7) is 3.84. The predicted octanol–water partition coefficient (Wildman–Crippen LogP) is 2.03. The number of carbonyl (C=O) groups is 1. The Hall–Kier alpha value is -1.77. The molecule has 0 aliphatic carbocycles. The third-order valence-electron chi connectivity index (χ3n) is 1.95. The van der Waals surface area contributed by atoms with E-state index < -0.39 is 5.97 Å². The quantitative estimate of drug-likeness (QED) is 0.430. The van der Waals surface area contributed by atoms with E-state index in [2.05, 4.69) is 11.7 Å². The second-order valence-electron chi connectivity index (χ2n) is 2.92. The highest BCUT2D eigenvalue weighted by atomic mass is 16.5. The maximum Gasteiger partial charge on any atom is 0.341 e. The van der Waals surface area contributed by atoms with E-state index in [0.717, 1.165) is 5.56 Å². The number of rotatable bonds is 3. The van der Waals surface area contributed by atoms with Gasteiger partial charge in [-0.1, -0.05) is 24.3 Å². The van der Waals surface area contributed by atoms with Gasteiger partial charge in [0.15, 0.2) is 0 Å². The minimum Gasteiger partial charge on any atom is -0.503 e. The Morgan fingerprint density at radius 3 is 2.53 bits per heavy atom. The van der Waals surface area contributed by atoms with Crippen LogP contribution in [0, 0.1) is 6.92 Å². The molecule has 0 aromatic heterocycles. The summed E-state index contributed by atoms with van der Waals surface area (Å²) in [6, 6.07) is 7.30. The van der Waals surface area contributed by atoms with E-state index in [4.69, 9.17) is 4.74 Å². The zero-order valence-corrected chi connectivity index (χ0v) is 8.82. The lowest BCUT2D eigenvalue weighted by molar-refractivity contribution is -0.133. The fraction of sp³-hybridized carbons (Fsp3) is 0.167. The molecule has 0 saturated heterocycles. The molecule has 0 unspecified atom stereocenters. The lowest BCUT2D eigenvalue weighted by Gasteiger charge is -2.07. The molecule has 79 valence electrons. The van der Waals surface area contributed by atoms with E-state index in [1.165, 1.54) is 20.5 Å². The smallest absolute Gasteiger partial charge is 0.341 e. The molecule has 1 aromatic carbocycles. The Kier molecular flexibility index (Phi) is 3.92. The van der Waals surface area contributed by atoms with Gasteiger partial charge in [-0.2, -0.15) is 0 Å². The van der Waals surface area contributed by atoms with E-state index in [-0.39, 0.29) is 0 Å². The molecule has 0 fully saturated rings. The number of carbonyl (C=O) groups excluding carboxylic acids is 1. The summed E-state index contributed by atoms with van der Waals surface area (Å²) in [5.41, 5.74) is 1.84. The van der Waals surface area contributed by atoms with Crippen LogP contribution in [-0.2, 0) is 14.3 Å². The van der Waals surface area contributed by atoms with Gasteiger partial charge in [-0.25, -0.2) is 4.79 Å². The number of esters is 1. The molecule has 0 saturated carbocycles. The van der Waals surface area contributed by atoms with Gasteiger partial charge in [-0.3, -0.25) is 0 Å². The molecule has 0 atom stereocenters. The van der Waals surface area contributed by atoms with Crippen molar-refractivity contribution >= 4 is 11.5 Å². The van der Waals surface area contributed by atoms with E-state index >= 15 is 0 Å². The second-order valence-corrected chi connectivity index (χ2v) is 2.92. The standard InChI is InChI=1S/C12H13O3/c1-9-6-4-5-7-10(9)11(8-14-2)12(13)15-3/h4-8H,1H2,2-3H3/b11-8+. The number of methoxy groups -OCH3 is 2. The van der Waals surface area contributed by atoms with Gasteiger partial charge in [0, 0.05) is 0 Å². The third kappa shape index (κ3) is 2.59. The Balaban J connectivity index is 3.17. The van der Waals surface area contributed by atoms with Crippen molar-refractivity contribution in [2.24, 2.45) is 0 Å². The first-order valence-electron chi connectivity index (χ1n) is 4.43. The average molecular weight is 205 g/mol. The summed E-state index contributed by atoms with van der Waals surface area (Å²) in [5, 5.41) is 0. The van der Waals surface area contributed by atoms with E-state index in [1.807, 2.05) is 18.2 Å². The Morgan fingerprint density at radius 1 is 1.33 bits per heavy atom. The van der Waals surface area contributed by atoms with Crippen molar-refractivity contribution in [3.63, 3.8) is 0 Å². The summed E-state index contributed by atoms with van der Waals surface area (Å²) in [5.74, 6) is -0.437. The maximum absolute atomic E-state index is 11.5. The Morgan fingerprint density at radius 2 is 2.00 bits per heavy atom. The van der Waals surface area contributed by atoms with Crippen molar-refractivity contribution in [2.45, 2.75) is 0 Å². The topological polar surface area (TPSA) is 35.5 Å². The van der Waals surface area contributed by atoms with Crippen LogP contribution < -0.4 is 0 Å². The zero-order chi connectivity index (χ0) is 11.3. The van der Waals surface area contributed by atoms with Gasteiger partial charge < -0.3 is 9.47 Å². The summed E-state index contributed by atoms with van der Waals surface area (Å²) < 4.78 is 9.51. The predicted molar refractivity (Wildman–Crippen MR) is 57.9 cm³/mol. The number of hydrogen-bond acceptors (Lipinski definition) is 3. The van der Waals surface area contributed by atoms with Gasteiger partial charge in [-0.05, 0) is 18.1 Å². The molecule has 0 amide bonds. The molecule has 0 aliphatic heterocycles. The minimum absolute atomic E-state index is 0.366. The molecular weight excluding hydrogens is 192 g/mol. The van der Waals surface area contributed by atoms with Crippen LogP contribution in [-0.4, -0.2) is 20.2 Å². The molecular formula is C12H13O3. The van der Waals surface area contributed by atoms with Gasteiger partial charge >= 0.3 is 5.97 Å². The Bertz CT molecular complexity index is 380. The van der Waals surface area contributed by atoms with Crippen LogP contribution in [0.1, 0.15) is 11.1 Å². The number of hydrogen-bond donors (Lipinski definition) is 0. The summed E-state index contributed by atoms with van der Waals surface area (Å²) >= 11 is 0. The highest BCUT2D eigenvalue weighted by molar-refractivity contribution is 6.16. The average Bonchev–Trinajstić information content (AvgIpc) is 2.26. The molecule has 0 N–H and O–H groups in total. The zero-order valence-electron chi connectivity index (χ0n) is 8.82. The molecule has 0 aliphatic rings. The number of benzene rings is 1. The third-order valence-corrected chi connectivity index (χ3v) is 1.95. The molecule has 0 spiro atoms. The van der Waals surface area contributed by atoms with Crippen molar-refractivity contribution in [3.05, 3.63) is 48.6 Å². The van der Waals surface area contributed by atoms with Crippen LogP contribution in [0.5, 0.6) is 0 Å². The van der Waals surface area contributed by atoms with Gasteiger partial charge in [-0.15, -0.1) is 0 Å². The minimum atomic E-state index is -0.437. The SMILES string of the molecule is [CH2]c1ccccc1/C(=C\OC)C(=O)OC. The van der Waals surface area contributed by atoms with Gasteiger partial charge in [0.05, 0.1) is 20.5 Å². The molecule has 3 heteroatoms. The van der Waals surface area contributed by atoms with Gasteiger partial charge in [0.1, 0.15) is 5.57 Å². The van der Waals surface area contributed by atoms with Crippen LogP contribution >= 0.6 is 0 Å². The lowest BCUT2D eigenvalue weighted by Crippen LogP contribution is -2.05. The van der Waals surface area contributed by atoms with Crippen LogP contribution in [0.25, 0.3) is 5.57 Å². The van der Waals surface area contributed by atoms with Crippen LogP contribution in [0.2, 0.25) is 0 Å². The highest BCUT2D eigenvalue weighted by Crippen LogP contribution is 2.19. The monoisotopic (exact) mass is 205 g/mol. The molecule has 1 radical (unpaired) electrons. The van der Waals surface area contributed by atoms with Crippen molar-refractivity contribution in [3.8, 4) is 0 Å². The summed E-state index contributed by atoms with van der Waals surface area (Å²) in [4.78, 5) is 11.5. The van der Waals surface area contributed by atoms with Crippen molar-refractivity contribution in [1.82, 2.24) is 0 Å². The second kappa shape index (κ2) is 5.20. The lowest BCUT2D eigenvalue weighted by atomic mass is 10.0. The molecule has 0 bridgehead atoms. The first-order chi connectivity index (χ1) is 7.20. The van der Waals surface area contributed by atoms with Crippen LogP contribution in [0.15, 0.2) is 30.5 Å². The highest BCUT2D eigenvalue weighted by Gasteiger charge is 2.14. The first kappa shape index (κ1) is 11.3. The largest absolute Gasteiger partial charge is 0.503 e. The van der Waals surface area contributed by atoms with Crippen molar-refractivity contribution in [1.29, 1.82) is 0 Å². The molecule has 0 heterocycles. The van der Waals surface area contributed by atoms with E-state index in [0.29, 0.717) is 11.1 Å². The molecule has 15 heavy (non-hydrogen) atoms. The molecule has 1 rings (SSSR count). The Labute approximate surface area is 89.3 Å². The van der Waals surface area contributed by atoms with Crippen molar-refractivity contribution < 1.29 is 14.3 Å².